The lowest BCUT2D eigenvalue weighted by Crippen LogP contribution is -2.25. The third-order valence-corrected chi connectivity index (χ3v) is 6.80. The lowest BCUT2D eigenvalue weighted by atomic mass is 9.98. The third-order valence-electron chi connectivity index (χ3n) is 5.67. The van der Waals surface area contributed by atoms with Gasteiger partial charge in [0.1, 0.15) is 0 Å². The second-order valence-corrected chi connectivity index (χ2v) is 10.3. The predicted molar refractivity (Wildman–Crippen MR) is 122 cm³/mol. The Morgan fingerprint density at radius 3 is 2.44 bits per heavy atom. The monoisotopic (exact) mass is 446 g/mol. The maximum absolute atomic E-state index is 12.5. The van der Waals surface area contributed by atoms with Crippen molar-refractivity contribution in [1.82, 2.24) is 19.9 Å². The molecule has 0 saturated heterocycles. The number of carbonyl (C=O) groups is 1. The summed E-state index contributed by atoms with van der Waals surface area (Å²) < 4.78 is 25.3. The van der Waals surface area contributed by atoms with E-state index in [0.717, 1.165) is 35.1 Å². The van der Waals surface area contributed by atoms with Crippen LogP contribution in [0.4, 0.5) is 0 Å². The zero-order chi connectivity index (χ0) is 22.5. The molecule has 0 atom stereocenters. The largest absolute Gasteiger partial charge is 0.349 e. The number of aryl methyl sites for hydroxylation is 1. The Morgan fingerprint density at radius 2 is 1.75 bits per heavy atom. The van der Waals surface area contributed by atoms with E-state index in [9.17, 15) is 13.2 Å². The van der Waals surface area contributed by atoms with E-state index in [2.05, 4.69) is 15.5 Å². The summed E-state index contributed by atoms with van der Waals surface area (Å²) in [6, 6.07) is 16.5. The Balaban J connectivity index is 1.49. The van der Waals surface area contributed by atoms with Gasteiger partial charge in [0, 0.05) is 29.6 Å². The van der Waals surface area contributed by atoms with Crippen molar-refractivity contribution in [2.45, 2.75) is 30.7 Å². The van der Waals surface area contributed by atoms with Crippen LogP contribution in [0.5, 0.6) is 0 Å². The van der Waals surface area contributed by atoms with Crippen LogP contribution in [0.3, 0.4) is 0 Å². The van der Waals surface area contributed by atoms with Crippen LogP contribution >= 0.6 is 0 Å². The van der Waals surface area contributed by atoms with Gasteiger partial charge in [-0.05, 0) is 85.0 Å². The van der Waals surface area contributed by atoms with Crippen molar-refractivity contribution in [2.75, 3.05) is 6.26 Å². The van der Waals surface area contributed by atoms with E-state index >= 15 is 0 Å². The van der Waals surface area contributed by atoms with Crippen molar-refractivity contribution in [3.05, 3.63) is 71.9 Å². The number of pyridine rings is 1. The van der Waals surface area contributed by atoms with E-state index in [1.54, 1.807) is 24.3 Å². The molecule has 2 aromatic carbocycles. The zero-order valence-corrected chi connectivity index (χ0v) is 18.6. The summed E-state index contributed by atoms with van der Waals surface area (Å²) in [5.41, 5.74) is 5.06. The van der Waals surface area contributed by atoms with Crippen molar-refractivity contribution >= 4 is 21.4 Å². The van der Waals surface area contributed by atoms with Crippen molar-refractivity contribution in [1.29, 1.82) is 0 Å². The van der Waals surface area contributed by atoms with Gasteiger partial charge in [0.2, 0.25) is 0 Å². The smallest absolute Gasteiger partial charge is 0.251 e. The van der Waals surface area contributed by atoms with Gasteiger partial charge in [-0.25, -0.2) is 8.42 Å². The minimum atomic E-state index is -3.26. The minimum absolute atomic E-state index is 0.0443. The molecule has 4 aromatic rings. The molecule has 0 bridgehead atoms. The Kier molecular flexibility index (Phi) is 4.82. The number of aromatic nitrogens is 3. The van der Waals surface area contributed by atoms with Gasteiger partial charge < -0.3 is 5.32 Å². The molecule has 1 N–H and O–H groups in total. The van der Waals surface area contributed by atoms with Gasteiger partial charge in [-0.3, -0.25) is 9.20 Å². The van der Waals surface area contributed by atoms with Crippen LogP contribution in [0.15, 0.2) is 65.7 Å². The number of benzene rings is 2. The predicted octanol–water partition coefficient (Wildman–Crippen LogP) is 3.67. The molecule has 1 aliphatic carbocycles. The minimum Gasteiger partial charge on any atom is -0.349 e. The molecule has 0 spiro atoms. The lowest BCUT2D eigenvalue weighted by molar-refractivity contribution is 0.0951. The van der Waals surface area contributed by atoms with Crippen LogP contribution in [0, 0.1) is 6.92 Å². The molecule has 7 nitrogen and oxygen atoms in total. The highest BCUT2D eigenvalue weighted by Crippen LogP contribution is 2.28. The molecule has 32 heavy (non-hydrogen) atoms. The van der Waals surface area contributed by atoms with Crippen LogP contribution in [0.1, 0.15) is 28.8 Å². The highest BCUT2D eigenvalue weighted by atomic mass is 32.2. The number of nitrogens with one attached hydrogen (secondary N) is 1. The number of hydrogen-bond donors (Lipinski definition) is 1. The first-order valence-electron chi connectivity index (χ1n) is 10.4. The number of fused-ring (bicyclic) bond motifs is 1. The maximum Gasteiger partial charge on any atom is 0.251 e. The van der Waals surface area contributed by atoms with Crippen LogP contribution in [-0.4, -0.2) is 41.2 Å². The van der Waals surface area contributed by atoms with Gasteiger partial charge in [-0.15, -0.1) is 10.2 Å². The lowest BCUT2D eigenvalue weighted by Gasteiger charge is -2.10. The second-order valence-electron chi connectivity index (χ2n) is 8.24. The van der Waals surface area contributed by atoms with E-state index in [-0.39, 0.29) is 10.8 Å². The molecule has 1 fully saturated rings. The quantitative estimate of drug-likeness (QED) is 0.505. The van der Waals surface area contributed by atoms with Gasteiger partial charge in [-0.1, -0.05) is 6.07 Å². The summed E-state index contributed by atoms with van der Waals surface area (Å²) >= 11 is 0. The molecule has 0 radical (unpaired) electrons. The molecule has 1 amide bonds. The van der Waals surface area contributed by atoms with Gasteiger partial charge in [0.05, 0.1) is 4.90 Å². The molecule has 2 heterocycles. The molecular formula is C24H22N4O3S. The average molecular weight is 447 g/mol. The third kappa shape index (κ3) is 3.89. The second kappa shape index (κ2) is 7.56. The first kappa shape index (κ1) is 20.4. The first-order chi connectivity index (χ1) is 15.3. The van der Waals surface area contributed by atoms with Gasteiger partial charge in [0.15, 0.2) is 21.3 Å². The molecule has 2 aromatic heterocycles. The van der Waals surface area contributed by atoms with Crippen molar-refractivity contribution < 1.29 is 13.2 Å². The van der Waals surface area contributed by atoms with Crippen molar-refractivity contribution in [3.8, 4) is 22.5 Å². The van der Waals surface area contributed by atoms with Crippen molar-refractivity contribution in [3.63, 3.8) is 0 Å². The first-order valence-corrected chi connectivity index (χ1v) is 12.3. The van der Waals surface area contributed by atoms with E-state index in [4.69, 9.17) is 0 Å². The highest BCUT2D eigenvalue weighted by molar-refractivity contribution is 7.90. The molecular weight excluding hydrogens is 424 g/mol. The summed E-state index contributed by atoms with van der Waals surface area (Å²) in [6.07, 6.45) is 5.17. The maximum atomic E-state index is 12.5. The molecule has 0 unspecified atom stereocenters. The fraction of sp³-hybridized carbons (Fsp3) is 0.208. The number of sulfone groups is 1. The Hall–Kier alpha value is -3.52. The summed E-state index contributed by atoms with van der Waals surface area (Å²) in [6.45, 7) is 2.01. The fourth-order valence-corrected chi connectivity index (χ4v) is 4.31. The van der Waals surface area contributed by atoms with Crippen LogP contribution in [0.25, 0.3) is 28.2 Å². The topological polar surface area (TPSA) is 93.4 Å². The van der Waals surface area contributed by atoms with E-state index in [1.807, 2.05) is 47.9 Å². The molecule has 162 valence electrons. The Labute approximate surface area is 186 Å². The van der Waals surface area contributed by atoms with Gasteiger partial charge in [-0.2, -0.15) is 0 Å². The zero-order valence-electron chi connectivity index (χ0n) is 17.7. The van der Waals surface area contributed by atoms with Gasteiger partial charge >= 0.3 is 0 Å². The molecule has 1 aliphatic rings. The highest BCUT2D eigenvalue weighted by Gasteiger charge is 2.24. The SMILES string of the molecule is Cc1ccc(C(=O)NC2CC2)cc1-c1ccn2c(-c3ccc(S(C)(=O)=O)cc3)nnc2c1. The number of carbonyl (C=O) groups excluding carboxylic acids is 1. The average Bonchev–Trinajstić information content (AvgIpc) is 3.48. The number of hydrogen-bond acceptors (Lipinski definition) is 5. The van der Waals surface area contributed by atoms with Crippen LogP contribution in [-0.2, 0) is 9.84 Å². The standard InChI is InChI=1S/C24H22N4O3S/c1-15-3-4-18(24(29)25-19-7-8-19)13-21(15)17-11-12-28-22(14-17)26-27-23(28)16-5-9-20(10-6-16)32(2,30)31/h3-6,9-14,19H,7-8H2,1-2H3,(H,25,29). The summed E-state index contributed by atoms with van der Waals surface area (Å²) in [5.74, 6) is 0.581. The number of rotatable bonds is 5. The van der Waals surface area contributed by atoms with E-state index < -0.39 is 9.84 Å². The molecule has 5 rings (SSSR count). The summed E-state index contributed by atoms with van der Waals surface area (Å²) in [7, 11) is -3.26. The molecule has 8 heteroatoms. The number of nitrogens with zero attached hydrogens (tertiary/aromatic N) is 3. The Bertz CT molecular complexity index is 1450. The molecule has 1 saturated carbocycles. The van der Waals surface area contributed by atoms with Crippen LogP contribution in [0.2, 0.25) is 0 Å². The van der Waals surface area contributed by atoms with E-state index in [1.165, 1.54) is 6.26 Å². The van der Waals surface area contributed by atoms with Crippen LogP contribution < -0.4 is 5.32 Å². The number of amides is 1. The van der Waals surface area contributed by atoms with E-state index in [0.29, 0.717) is 23.1 Å². The van der Waals surface area contributed by atoms with Gasteiger partial charge in [0.25, 0.3) is 5.91 Å². The normalized spacial score (nSPS) is 13.9. The molecule has 0 aliphatic heterocycles. The summed E-state index contributed by atoms with van der Waals surface area (Å²) in [4.78, 5) is 12.7. The Morgan fingerprint density at radius 1 is 1.00 bits per heavy atom. The van der Waals surface area contributed by atoms with Crippen molar-refractivity contribution in [2.24, 2.45) is 0 Å². The fourth-order valence-electron chi connectivity index (χ4n) is 3.68. The summed E-state index contributed by atoms with van der Waals surface area (Å²) in [5, 5.41) is 11.6.